The molecule has 4 nitrogen and oxygen atoms in total. The molecule has 0 amide bonds. The Kier molecular flexibility index (Phi) is 3.82. The number of hydrogen-bond acceptors (Lipinski definition) is 3. The van der Waals surface area contributed by atoms with Gasteiger partial charge >= 0.3 is 12.1 Å². The zero-order chi connectivity index (χ0) is 13.3. The monoisotopic (exact) mass is 267 g/mol. The van der Waals surface area contributed by atoms with E-state index in [0.29, 0.717) is 12.8 Å². The quantitative estimate of drug-likeness (QED) is 0.822. The molecule has 1 aliphatic carbocycles. The van der Waals surface area contributed by atoms with Crippen molar-refractivity contribution in [3.05, 3.63) is 0 Å². The zero-order valence-electron chi connectivity index (χ0n) is 9.82. The number of rotatable bonds is 5. The van der Waals surface area contributed by atoms with Crippen LogP contribution in [0.25, 0.3) is 0 Å². The number of carbonyl (C=O) groups is 1. The van der Waals surface area contributed by atoms with Gasteiger partial charge in [-0.05, 0) is 25.7 Å². The van der Waals surface area contributed by atoms with Gasteiger partial charge in [-0.3, -0.25) is 4.90 Å². The number of hydrogen-bond donors (Lipinski definition) is 1. The lowest BCUT2D eigenvalue weighted by molar-refractivity contribution is -0.156. The van der Waals surface area contributed by atoms with Crippen molar-refractivity contribution in [3.63, 3.8) is 0 Å². The summed E-state index contributed by atoms with van der Waals surface area (Å²) in [6.45, 7) is -0.761. The third-order valence-corrected chi connectivity index (χ3v) is 3.27. The lowest BCUT2D eigenvalue weighted by atomic mass is 10.2. The molecule has 2 rings (SSSR count). The topological polar surface area (TPSA) is 49.8 Å². The maximum Gasteiger partial charge on any atom is 0.401 e. The Morgan fingerprint density at radius 1 is 1.28 bits per heavy atom. The average molecular weight is 267 g/mol. The van der Waals surface area contributed by atoms with Gasteiger partial charge in [0.25, 0.3) is 0 Å². The Balaban J connectivity index is 1.84. The van der Waals surface area contributed by atoms with Gasteiger partial charge in [-0.2, -0.15) is 13.2 Å². The standard InChI is InChI=1S/C11H16F3NO3/c12-11(13,14)6-15(7-1-2-7)5-8-3-4-9(18-8)10(16)17/h7-9H,1-6H2,(H,16,17). The van der Waals surface area contributed by atoms with Crippen LogP contribution in [0.2, 0.25) is 0 Å². The van der Waals surface area contributed by atoms with E-state index < -0.39 is 30.9 Å². The van der Waals surface area contributed by atoms with Gasteiger partial charge in [-0.25, -0.2) is 4.79 Å². The van der Waals surface area contributed by atoms with Crippen LogP contribution in [0.3, 0.4) is 0 Å². The van der Waals surface area contributed by atoms with Crippen molar-refractivity contribution < 1.29 is 27.8 Å². The maximum atomic E-state index is 12.4. The fraction of sp³-hybridized carbons (Fsp3) is 0.909. The first-order valence-electron chi connectivity index (χ1n) is 6.04. The SMILES string of the molecule is O=C(O)C1CCC(CN(CC(F)(F)F)C2CC2)O1. The van der Waals surface area contributed by atoms with Crippen LogP contribution in [0.4, 0.5) is 13.2 Å². The van der Waals surface area contributed by atoms with Gasteiger partial charge in [0.15, 0.2) is 6.10 Å². The Hall–Kier alpha value is -0.820. The smallest absolute Gasteiger partial charge is 0.401 e. The fourth-order valence-corrected chi connectivity index (χ4v) is 2.30. The number of aliphatic carboxylic acids is 1. The number of carboxylic acids is 1. The predicted molar refractivity (Wildman–Crippen MR) is 56.2 cm³/mol. The molecule has 104 valence electrons. The molecule has 1 heterocycles. The van der Waals surface area contributed by atoms with Crippen molar-refractivity contribution in [1.82, 2.24) is 4.90 Å². The van der Waals surface area contributed by atoms with Gasteiger partial charge in [0.05, 0.1) is 12.6 Å². The first-order valence-corrected chi connectivity index (χ1v) is 6.04. The second-order valence-electron chi connectivity index (χ2n) is 4.94. The molecule has 1 N–H and O–H groups in total. The normalized spacial score (nSPS) is 28.9. The Bertz CT molecular complexity index is 317. The van der Waals surface area contributed by atoms with Crippen molar-refractivity contribution in [2.75, 3.05) is 13.1 Å². The number of ether oxygens (including phenoxy) is 1. The predicted octanol–water partition coefficient (Wildman–Crippen LogP) is 1.65. The molecule has 0 spiro atoms. The van der Waals surface area contributed by atoms with Gasteiger partial charge < -0.3 is 9.84 Å². The maximum absolute atomic E-state index is 12.4. The molecule has 2 fully saturated rings. The third kappa shape index (κ3) is 3.84. The third-order valence-electron chi connectivity index (χ3n) is 3.27. The van der Waals surface area contributed by atoms with Gasteiger partial charge in [0.2, 0.25) is 0 Å². The summed E-state index contributed by atoms with van der Waals surface area (Å²) in [4.78, 5) is 12.1. The van der Waals surface area contributed by atoms with Crippen LogP contribution in [0.15, 0.2) is 0 Å². The summed E-state index contributed by atoms with van der Waals surface area (Å²) in [6, 6.07) is -0.0147. The van der Waals surface area contributed by atoms with Gasteiger partial charge in [-0.1, -0.05) is 0 Å². The summed E-state index contributed by atoms with van der Waals surface area (Å²) in [7, 11) is 0. The molecule has 2 atom stereocenters. The van der Waals surface area contributed by atoms with Crippen molar-refractivity contribution in [3.8, 4) is 0 Å². The van der Waals surface area contributed by atoms with E-state index in [-0.39, 0.29) is 12.6 Å². The van der Waals surface area contributed by atoms with Gasteiger partial charge in [-0.15, -0.1) is 0 Å². The average Bonchev–Trinajstić information content (AvgIpc) is 2.96. The van der Waals surface area contributed by atoms with E-state index in [0.717, 1.165) is 12.8 Å². The van der Waals surface area contributed by atoms with Crippen LogP contribution >= 0.6 is 0 Å². The summed E-state index contributed by atoms with van der Waals surface area (Å²) >= 11 is 0. The fourth-order valence-electron chi connectivity index (χ4n) is 2.30. The zero-order valence-corrected chi connectivity index (χ0v) is 9.82. The van der Waals surface area contributed by atoms with E-state index >= 15 is 0 Å². The molecule has 1 saturated heterocycles. The number of carboxylic acid groups (broad SMARTS) is 1. The lowest BCUT2D eigenvalue weighted by Gasteiger charge is -2.26. The second-order valence-corrected chi connectivity index (χ2v) is 4.94. The molecular weight excluding hydrogens is 251 g/mol. The molecule has 1 aliphatic heterocycles. The molecule has 0 aromatic carbocycles. The first kappa shape index (κ1) is 13.6. The van der Waals surface area contributed by atoms with E-state index in [1.807, 2.05) is 0 Å². The van der Waals surface area contributed by atoms with Gasteiger partial charge in [0.1, 0.15) is 0 Å². The van der Waals surface area contributed by atoms with E-state index in [2.05, 4.69) is 0 Å². The summed E-state index contributed by atoms with van der Waals surface area (Å²) in [5.41, 5.74) is 0. The lowest BCUT2D eigenvalue weighted by Crippen LogP contribution is -2.41. The van der Waals surface area contributed by atoms with Crippen LogP contribution in [-0.4, -0.2) is 53.5 Å². The molecular formula is C11H16F3NO3. The van der Waals surface area contributed by atoms with Crippen molar-refractivity contribution in [1.29, 1.82) is 0 Å². The molecule has 7 heteroatoms. The minimum Gasteiger partial charge on any atom is -0.479 e. The Morgan fingerprint density at radius 3 is 2.39 bits per heavy atom. The summed E-state index contributed by atoms with van der Waals surface area (Å²) < 4.78 is 42.4. The highest BCUT2D eigenvalue weighted by molar-refractivity contribution is 5.72. The number of halogens is 3. The molecule has 1 saturated carbocycles. The highest BCUT2D eigenvalue weighted by atomic mass is 19.4. The molecule has 0 bridgehead atoms. The molecule has 2 unspecified atom stereocenters. The summed E-state index contributed by atoms with van der Waals surface area (Å²) in [5, 5.41) is 8.75. The second kappa shape index (κ2) is 5.05. The first-order chi connectivity index (χ1) is 8.35. The van der Waals surface area contributed by atoms with Crippen LogP contribution in [0, 0.1) is 0 Å². The van der Waals surface area contributed by atoms with E-state index in [4.69, 9.17) is 9.84 Å². The number of nitrogens with zero attached hydrogens (tertiary/aromatic N) is 1. The minimum absolute atomic E-state index is 0.0147. The van der Waals surface area contributed by atoms with Crippen molar-refractivity contribution >= 4 is 5.97 Å². The molecule has 18 heavy (non-hydrogen) atoms. The van der Waals surface area contributed by atoms with Crippen molar-refractivity contribution in [2.24, 2.45) is 0 Å². The Morgan fingerprint density at radius 2 is 1.94 bits per heavy atom. The highest BCUT2D eigenvalue weighted by Gasteiger charge is 2.40. The molecule has 0 radical (unpaired) electrons. The molecule has 0 aromatic heterocycles. The van der Waals surface area contributed by atoms with Crippen LogP contribution < -0.4 is 0 Å². The van der Waals surface area contributed by atoms with E-state index in [1.54, 1.807) is 0 Å². The Labute approximate surface area is 103 Å². The minimum atomic E-state index is -4.21. The summed E-state index contributed by atoms with van der Waals surface area (Å²) in [6.07, 6.45) is -3.01. The highest BCUT2D eigenvalue weighted by Crippen LogP contribution is 2.32. The molecule has 2 aliphatic rings. The van der Waals surface area contributed by atoms with Crippen LogP contribution in [-0.2, 0) is 9.53 Å². The summed E-state index contributed by atoms with van der Waals surface area (Å²) in [5.74, 6) is -1.04. The van der Waals surface area contributed by atoms with Crippen LogP contribution in [0.1, 0.15) is 25.7 Å². The molecule has 0 aromatic rings. The van der Waals surface area contributed by atoms with Crippen molar-refractivity contribution in [2.45, 2.75) is 50.1 Å². The van der Waals surface area contributed by atoms with Crippen LogP contribution in [0.5, 0.6) is 0 Å². The van der Waals surface area contributed by atoms with E-state index in [1.165, 1.54) is 4.90 Å². The largest absolute Gasteiger partial charge is 0.479 e. The van der Waals surface area contributed by atoms with Gasteiger partial charge in [0, 0.05) is 12.6 Å². The van der Waals surface area contributed by atoms with E-state index in [9.17, 15) is 18.0 Å². The number of alkyl halides is 3.